The summed E-state index contributed by atoms with van der Waals surface area (Å²) in [4.78, 5) is 0. The molecule has 1 aliphatic heterocycles. The summed E-state index contributed by atoms with van der Waals surface area (Å²) in [7, 11) is 1.31. The van der Waals surface area contributed by atoms with Crippen LogP contribution in [0.25, 0.3) is 5.76 Å². The highest BCUT2D eigenvalue weighted by Crippen LogP contribution is 2.18. The van der Waals surface area contributed by atoms with Crippen molar-refractivity contribution < 1.29 is 9.31 Å². The molecule has 1 aliphatic rings. The van der Waals surface area contributed by atoms with Crippen LogP contribution in [0.1, 0.15) is 5.56 Å². The van der Waals surface area contributed by atoms with Crippen LogP contribution in [0, 0.1) is 0 Å². The van der Waals surface area contributed by atoms with Gasteiger partial charge in [-0.15, -0.1) is 0 Å². The molecule has 0 saturated carbocycles. The molecule has 0 saturated heterocycles. The summed E-state index contributed by atoms with van der Waals surface area (Å²) >= 11 is 0. The van der Waals surface area contributed by atoms with Gasteiger partial charge in [0.1, 0.15) is 12.0 Å². The fraction of sp³-hybridized carbons (Fsp3) is 0. The van der Waals surface area contributed by atoms with Gasteiger partial charge in [-0.3, -0.25) is 0 Å². The van der Waals surface area contributed by atoms with Crippen LogP contribution in [0.3, 0.4) is 0 Å². The van der Waals surface area contributed by atoms with E-state index in [1.165, 1.54) is 7.69 Å². The lowest BCUT2D eigenvalue weighted by molar-refractivity contribution is 0.454. The Bertz CT molecular complexity index is 269. The zero-order valence-electron chi connectivity index (χ0n) is 5.86. The molecule has 0 spiro atoms. The molecule has 1 aromatic rings. The number of hydrogen-bond donors (Lipinski definition) is 0. The molecule has 0 N–H and O–H groups in total. The van der Waals surface area contributed by atoms with Gasteiger partial charge in [-0.1, -0.05) is 30.3 Å². The first-order valence-corrected chi connectivity index (χ1v) is 3.36. The summed E-state index contributed by atoms with van der Waals surface area (Å²) < 4.78 is 9.86. The van der Waals surface area contributed by atoms with Crippen molar-refractivity contribution in [3.05, 3.63) is 42.2 Å². The molecule has 0 amide bonds. The summed E-state index contributed by atoms with van der Waals surface area (Å²) in [6, 6.07) is 9.81. The van der Waals surface area contributed by atoms with Crippen molar-refractivity contribution in [3.63, 3.8) is 0 Å². The molecule has 53 valence electrons. The van der Waals surface area contributed by atoms with E-state index >= 15 is 0 Å². The highest BCUT2D eigenvalue weighted by atomic mass is 16.6. The highest BCUT2D eigenvalue weighted by Gasteiger charge is 2.11. The third-order valence-electron chi connectivity index (χ3n) is 1.46. The van der Waals surface area contributed by atoms with Gasteiger partial charge in [-0.25, -0.2) is 0 Å². The second-order valence-electron chi connectivity index (χ2n) is 2.20. The van der Waals surface area contributed by atoms with Gasteiger partial charge in [-0.05, 0) is 0 Å². The largest absolute Gasteiger partial charge is 0.657 e. The second kappa shape index (κ2) is 2.70. The smallest absolute Gasteiger partial charge is 0.529 e. The van der Waals surface area contributed by atoms with Crippen LogP contribution in [0.2, 0.25) is 0 Å². The van der Waals surface area contributed by atoms with Crippen LogP contribution in [-0.4, -0.2) is 7.69 Å². The second-order valence-corrected chi connectivity index (χ2v) is 2.20. The molecular weight excluding hydrogens is 139 g/mol. The topological polar surface area (TPSA) is 18.5 Å². The zero-order valence-corrected chi connectivity index (χ0v) is 5.86. The van der Waals surface area contributed by atoms with Crippen LogP contribution >= 0.6 is 0 Å². The summed E-state index contributed by atoms with van der Waals surface area (Å²) in [5.41, 5.74) is 1.03. The maximum absolute atomic E-state index is 5.05. The molecule has 1 radical (unpaired) electrons. The molecule has 11 heavy (non-hydrogen) atoms. The van der Waals surface area contributed by atoms with E-state index in [2.05, 4.69) is 0 Å². The average molecular weight is 145 g/mol. The van der Waals surface area contributed by atoms with Crippen LogP contribution in [0.15, 0.2) is 36.6 Å². The van der Waals surface area contributed by atoms with Crippen molar-refractivity contribution in [2.45, 2.75) is 0 Å². The lowest BCUT2D eigenvalue weighted by Crippen LogP contribution is -1.89. The van der Waals surface area contributed by atoms with Gasteiger partial charge >= 0.3 is 7.69 Å². The lowest BCUT2D eigenvalue weighted by Gasteiger charge is -1.98. The molecule has 0 atom stereocenters. The van der Waals surface area contributed by atoms with Crippen molar-refractivity contribution in [2.24, 2.45) is 0 Å². The number of benzene rings is 1. The fourth-order valence-electron chi connectivity index (χ4n) is 0.935. The quantitative estimate of drug-likeness (QED) is 0.558. The maximum Gasteiger partial charge on any atom is 0.657 e. The van der Waals surface area contributed by atoms with Gasteiger partial charge in [0.15, 0.2) is 0 Å². The Morgan fingerprint density at radius 1 is 1.09 bits per heavy atom. The van der Waals surface area contributed by atoms with E-state index in [-0.39, 0.29) is 0 Å². The first-order chi connectivity index (χ1) is 5.47. The summed E-state index contributed by atoms with van der Waals surface area (Å²) in [5.74, 6) is 0.755. The first-order valence-electron chi connectivity index (χ1n) is 3.36. The van der Waals surface area contributed by atoms with E-state index in [9.17, 15) is 0 Å². The Kier molecular flexibility index (Phi) is 1.56. The van der Waals surface area contributed by atoms with Gasteiger partial charge in [0, 0.05) is 5.56 Å². The van der Waals surface area contributed by atoms with Gasteiger partial charge < -0.3 is 9.31 Å². The van der Waals surface area contributed by atoms with Crippen LogP contribution in [0.4, 0.5) is 0 Å². The molecular formula is C8H6BO2. The standard InChI is InChI=1S/C8H6BO2/c1-2-4-7(5-3-1)8-6-10-9-11-8/h1-6H. The van der Waals surface area contributed by atoms with Gasteiger partial charge in [-0.2, -0.15) is 0 Å². The van der Waals surface area contributed by atoms with E-state index in [4.69, 9.17) is 9.31 Å². The first kappa shape index (κ1) is 6.34. The molecule has 3 heteroatoms. The van der Waals surface area contributed by atoms with Crippen molar-refractivity contribution in [3.8, 4) is 0 Å². The maximum atomic E-state index is 5.05. The van der Waals surface area contributed by atoms with Gasteiger partial charge in [0.25, 0.3) is 0 Å². The molecule has 0 fully saturated rings. The Morgan fingerprint density at radius 3 is 2.55 bits per heavy atom. The molecule has 0 aliphatic carbocycles. The third-order valence-corrected chi connectivity index (χ3v) is 1.46. The van der Waals surface area contributed by atoms with E-state index in [1.54, 1.807) is 6.26 Å². The van der Waals surface area contributed by atoms with Crippen molar-refractivity contribution in [1.29, 1.82) is 0 Å². The minimum atomic E-state index is 0.755. The Balaban J connectivity index is 2.29. The van der Waals surface area contributed by atoms with Gasteiger partial charge in [0.2, 0.25) is 0 Å². The molecule has 0 aromatic heterocycles. The fourth-order valence-corrected chi connectivity index (χ4v) is 0.935. The minimum Gasteiger partial charge on any atom is -0.529 e. The zero-order chi connectivity index (χ0) is 7.52. The summed E-state index contributed by atoms with van der Waals surface area (Å²) in [6.45, 7) is 0. The molecule has 1 heterocycles. The number of rotatable bonds is 1. The SMILES string of the molecule is [B]1OC=C(c2ccccc2)O1. The predicted octanol–water partition coefficient (Wildman–Crippen LogP) is 1.57. The highest BCUT2D eigenvalue weighted by molar-refractivity contribution is 6.22. The van der Waals surface area contributed by atoms with Crippen molar-refractivity contribution >= 4 is 13.4 Å². The Hall–Kier alpha value is -1.38. The normalized spacial score (nSPS) is 14.4. The minimum absolute atomic E-state index is 0.755. The summed E-state index contributed by atoms with van der Waals surface area (Å²) in [5, 5.41) is 0. The van der Waals surface area contributed by atoms with E-state index in [0.717, 1.165) is 11.3 Å². The molecule has 2 nitrogen and oxygen atoms in total. The number of hydrogen-bond acceptors (Lipinski definition) is 2. The van der Waals surface area contributed by atoms with E-state index < -0.39 is 0 Å². The Morgan fingerprint density at radius 2 is 1.91 bits per heavy atom. The predicted molar refractivity (Wildman–Crippen MR) is 42.3 cm³/mol. The van der Waals surface area contributed by atoms with E-state index in [0.29, 0.717) is 0 Å². The lowest BCUT2D eigenvalue weighted by atomic mass is 10.2. The summed E-state index contributed by atoms with van der Waals surface area (Å²) in [6.07, 6.45) is 1.58. The molecule has 0 unspecified atom stereocenters. The molecule has 1 aromatic carbocycles. The van der Waals surface area contributed by atoms with Crippen LogP contribution in [0.5, 0.6) is 0 Å². The monoisotopic (exact) mass is 145 g/mol. The third kappa shape index (κ3) is 1.22. The Labute approximate surface area is 65.8 Å². The molecule has 0 bridgehead atoms. The van der Waals surface area contributed by atoms with Crippen LogP contribution < -0.4 is 0 Å². The van der Waals surface area contributed by atoms with Crippen molar-refractivity contribution in [1.82, 2.24) is 0 Å². The van der Waals surface area contributed by atoms with Crippen LogP contribution in [-0.2, 0) is 9.31 Å². The van der Waals surface area contributed by atoms with Gasteiger partial charge in [0.05, 0.1) is 0 Å². The average Bonchev–Trinajstić information content (AvgIpc) is 2.58. The van der Waals surface area contributed by atoms with Crippen molar-refractivity contribution in [2.75, 3.05) is 0 Å². The van der Waals surface area contributed by atoms with E-state index in [1.807, 2.05) is 30.3 Å². The molecule has 2 rings (SSSR count).